The largest absolute Gasteiger partial charge is 0.383 e. The molecular formula is C14H24N2O4S. The smallest absolute Gasteiger partial charge is 0.243 e. The molecule has 0 unspecified atom stereocenters. The molecule has 120 valence electrons. The van der Waals surface area contributed by atoms with Crippen molar-refractivity contribution in [1.29, 1.82) is 0 Å². The topological polar surface area (TPSA) is 81.9 Å². The molecule has 0 aliphatic heterocycles. The van der Waals surface area contributed by atoms with E-state index in [1.807, 2.05) is 0 Å². The van der Waals surface area contributed by atoms with Crippen LogP contribution in [0.4, 0.5) is 0 Å². The van der Waals surface area contributed by atoms with Crippen molar-refractivity contribution in [3.63, 3.8) is 0 Å². The maximum atomic E-state index is 12.7. The quantitative estimate of drug-likeness (QED) is 0.726. The molecular weight excluding hydrogens is 292 g/mol. The number of nitrogens with two attached hydrogens (primary N) is 1. The third kappa shape index (κ3) is 4.76. The molecule has 0 heterocycles. The fourth-order valence-electron chi connectivity index (χ4n) is 2.01. The van der Waals surface area contributed by atoms with Crippen molar-refractivity contribution >= 4 is 10.0 Å². The first kappa shape index (κ1) is 18.1. The summed E-state index contributed by atoms with van der Waals surface area (Å²) in [7, 11) is -0.481. The monoisotopic (exact) mass is 316 g/mol. The Balaban J connectivity index is 3.08. The van der Waals surface area contributed by atoms with Gasteiger partial charge in [-0.25, -0.2) is 8.42 Å². The number of sulfonamides is 1. The summed E-state index contributed by atoms with van der Waals surface area (Å²) < 4.78 is 36.8. The number of nitrogens with zero attached hydrogens (tertiary/aromatic N) is 1. The molecule has 0 radical (unpaired) electrons. The Morgan fingerprint density at radius 1 is 1.14 bits per heavy atom. The predicted molar refractivity (Wildman–Crippen MR) is 81.6 cm³/mol. The van der Waals surface area contributed by atoms with E-state index in [9.17, 15) is 8.42 Å². The van der Waals surface area contributed by atoms with Crippen molar-refractivity contribution in [1.82, 2.24) is 4.31 Å². The lowest BCUT2D eigenvalue weighted by molar-refractivity contribution is 0.150. The third-order valence-electron chi connectivity index (χ3n) is 3.18. The van der Waals surface area contributed by atoms with Gasteiger partial charge in [0.05, 0.1) is 18.1 Å². The maximum Gasteiger partial charge on any atom is 0.243 e. The number of hydrogen-bond acceptors (Lipinski definition) is 5. The molecule has 2 N–H and O–H groups in total. The Bertz CT molecular complexity index is 538. The average Bonchev–Trinajstić information content (AvgIpc) is 2.46. The fraction of sp³-hybridized carbons (Fsp3) is 0.571. The molecule has 7 heteroatoms. The average molecular weight is 316 g/mol. The highest BCUT2D eigenvalue weighted by Gasteiger charge is 2.25. The molecule has 0 fully saturated rings. The molecule has 0 bridgehead atoms. The lowest BCUT2D eigenvalue weighted by Crippen LogP contribution is -2.36. The van der Waals surface area contributed by atoms with Crippen LogP contribution >= 0.6 is 0 Å². The maximum absolute atomic E-state index is 12.7. The SMILES string of the molecule is COCCN(CCOC)S(=O)(=O)c1ccc(CN)cc1C. The molecule has 0 aromatic heterocycles. The van der Waals surface area contributed by atoms with Gasteiger partial charge in [0.15, 0.2) is 0 Å². The number of aryl methyl sites for hydroxylation is 1. The molecule has 1 rings (SSSR count). The second-order valence-electron chi connectivity index (χ2n) is 4.69. The highest BCUT2D eigenvalue weighted by atomic mass is 32.2. The van der Waals surface area contributed by atoms with Gasteiger partial charge in [-0.3, -0.25) is 0 Å². The lowest BCUT2D eigenvalue weighted by atomic mass is 10.1. The molecule has 0 atom stereocenters. The van der Waals surface area contributed by atoms with Crippen LogP contribution in [0.5, 0.6) is 0 Å². The highest BCUT2D eigenvalue weighted by Crippen LogP contribution is 2.21. The van der Waals surface area contributed by atoms with E-state index in [2.05, 4.69) is 0 Å². The Morgan fingerprint density at radius 3 is 2.14 bits per heavy atom. The number of hydrogen-bond donors (Lipinski definition) is 1. The van der Waals surface area contributed by atoms with Crippen LogP contribution in [-0.4, -0.2) is 53.2 Å². The zero-order valence-electron chi connectivity index (χ0n) is 12.8. The van der Waals surface area contributed by atoms with E-state index in [1.54, 1.807) is 39.3 Å². The summed E-state index contributed by atoms with van der Waals surface area (Å²) in [6.45, 7) is 3.42. The molecule has 0 saturated heterocycles. The van der Waals surface area contributed by atoms with Gasteiger partial charge in [0.1, 0.15) is 0 Å². The summed E-state index contributed by atoms with van der Waals surface area (Å²) in [6.07, 6.45) is 0. The van der Waals surface area contributed by atoms with Gasteiger partial charge in [-0.15, -0.1) is 0 Å². The number of methoxy groups -OCH3 is 2. The van der Waals surface area contributed by atoms with Gasteiger partial charge in [0, 0.05) is 33.9 Å². The molecule has 1 aromatic rings. The highest BCUT2D eigenvalue weighted by molar-refractivity contribution is 7.89. The van der Waals surface area contributed by atoms with Crippen LogP contribution in [0.3, 0.4) is 0 Å². The van der Waals surface area contributed by atoms with E-state index in [0.717, 1.165) is 5.56 Å². The molecule has 21 heavy (non-hydrogen) atoms. The van der Waals surface area contributed by atoms with Crippen LogP contribution in [0.15, 0.2) is 23.1 Å². The Morgan fingerprint density at radius 2 is 1.71 bits per heavy atom. The summed E-state index contributed by atoms with van der Waals surface area (Å²) in [5.74, 6) is 0. The fourth-order valence-corrected chi connectivity index (χ4v) is 3.62. The van der Waals surface area contributed by atoms with Gasteiger partial charge in [0.2, 0.25) is 10.0 Å². The Labute approximate surface area is 126 Å². The van der Waals surface area contributed by atoms with Crippen LogP contribution in [-0.2, 0) is 26.0 Å². The van der Waals surface area contributed by atoms with E-state index >= 15 is 0 Å². The van der Waals surface area contributed by atoms with Crippen LogP contribution in [0, 0.1) is 6.92 Å². The lowest BCUT2D eigenvalue weighted by Gasteiger charge is -2.22. The Kier molecular flexibility index (Phi) is 7.27. The first-order chi connectivity index (χ1) is 9.97. The number of rotatable bonds is 9. The van der Waals surface area contributed by atoms with E-state index in [1.165, 1.54) is 4.31 Å². The van der Waals surface area contributed by atoms with E-state index in [4.69, 9.17) is 15.2 Å². The molecule has 0 saturated carbocycles. The van der Waals surface area contributed by atoms with Gasteiger partial charge in [-0.1, -0.05) is 12.1 Å². The number of ether oxygens (including phenoxy) is 2. The van der Waals surface area contributed by atoms with Gasteiger partial charge >= 0.3 is 0 Å². The van der Waals surface area contributed by atoms with Crippen LogP contribution < -0.4 is 5.73 Å². The molecule has 0 spiro atoms. The zero-order valence-corrected chi connectivity index (χ0v) is 13.6. The zero-order chi connectivity index (χ0) is 15.9. The standard InChI is InChI=1S/C14H24N2O4S/c1-12-10-13(11-15)4-5-14(12)21(17,18)16(6-8-19-2)7-9-20-3/h4-5,10H,6-9,11,15H2,1-3H3. The summed E-state index contributed by atoms with van der Waals surface area (Å²) in [4.78, 5) is 0.298. The Hall–Kier alpha value is -0.990. The van der Waals surface area contributed by atoms with Crippen LogP contribution in [0.2, 0.25) is 0 Å². The summed E-state index contributed by atoms with van der Waals surface area (Å²) in [6, 6.07) is 5.15. The van der Waals surface area contributed by atoms with Crippen molar-refractivity contribution in [2.45, 2.75) is 18.4 Å². The van der Waals surface area contributed by atoms with Crippen molar-refractivity contribution in [3.05, 3.63) is 29.3 Å². The van der Waals surface area contributed by atoms with Crippen LogP contribution in [0.25, 0.3) is 0 Å². The minimum absolute atomic E-state index is 0.292. The normalized spacial score (nSPS) is 12.0. The second-order valence-corrected chi connectivity index (χ2v) is 6.60. The van der Waals surface area contributed by atoms with Crippen LogP contribution in [0.1, 0.15) is 11.1 Å². The van der Waals surface area contributed by atoms with E-state index in [-0.39, 0.29) is 0 Å². The minimum atomic E-state index is -3.57. The molecule has 6 nitrogen and oxygen atoms in total. The third-order valence-corrected chi connectivity index (χ3v) is 5.24. The minimum Gasteiger partial charge on any atom is -0.383 e. The van der Waals surface area contributed by atoms with Gasteiger partial charge in [-0.2, -0.15) is 4.31 Å². The summed E-state index contributed by atoms with van der Waals surface area (Å²) >= 11 is 0. The number of benzene rings is 1. The van der Waals surface area contributed by atoms with Gasteiger partial charge in [0.25, 0.3) is 0 Å². The second kappa shape index (κ2) is 8.45. The van der Waals surface area contributed by atoms with E-state index < -0.39 is 10.0 Å². The summed E-state index contributed by atoms with van der Waals surface area (Å²) in [5, 5.41) is 0. The molecule has 0 aliphatic carbocycles. The van der Waals surface area contributed by atoms with Crippen molar-refractivity contribution in [2.24, 2.45) is 5.73 Å². The summed E-state index contributed by atoms with van der Waals surface area (Å²) in [5.41, 5.74) is 7.18. The van der Waals surface area contributed by atoms with Crippen molar-refractivity contribution in [3.8, 4) is 0 Å². The molecule has 1 aromatic carbocycles. The molecule has 0 amide bonds. The van der Waals surface area contributed by atoms with Crippen molar-refractivity contribution < 1.29 is 17.9 Å². The van der Waals surface area contributed by atoms with E-state index in [0.29, 0.717) is 43.3 Å². The first-order valence-corrected chi connectivity index (χ1v) is 8.19. The predicted octanol–water partition coefficient (Wildman–Crippen LogP) is 0.737. The van der Waals surface area contributed by atoms with Crippen molar-refractivity contribution in [2.75, 3.05) is 40.5 Å². The van der Waals surface area contributed by atoms with Gasteiger partial charge < -0.3 is 15.2 Å². The molecule has 0 aliphatic rings. The van der Waals surface area contributed by atoms with Gasteiger partial charge in [-0.05, 0) is 24.1 Å². The first-order valence-electron chi connectivity index (χ1n) is 6.75.